The van der Waals surface area contributed by atoms with Crippen LogP contribution in [0, 0.1) is 0 Å². The van der Waals surface area contributed by atoms with Gasteiger partial charge in [-0.3, -0.25) is 0 Å². The number of hydrogen-bond donors (Lipinski definition) is 1. The van der Waals surface area contributed by atoms with Gasteiger partial charge in [-0.25, -0.2) is 9.78 Å². The van der Waals surface area contributed by atoms with Crippen LogP contribution in [0.2, 0.25) is 0 Å². The lowest BCUT2D eigenvalue weighted by molar-refractivity contribution is 0.0528. The molecule has 1 aromatic heterocycles. The van der Waals surface area contributed by atoms with Gasteiger partial charge in [0.1, 0.15) is 5.60 Å². The molecule has 0 saturated carbocycles. The van der Waals surface area contributed by atoms with Gasteiger partial charge in [0.15, 0.2) is 0 Å². The Balaban J connectivity index is 2.49. The van der Waals surface area contributed by atoms with Crippen molar-refractivity contribution in [3.8, 4) is 0 Å². The second-order valence-electron chi connectivity index (χ2n) is 5.99. The van der Waals surface area contributed by atoms with Gasteiger partial charge in [0.25, 0.3) is 0 Å². The Morgan fingerprint density at radius 1 is 1.48 bits per heavy atom. The van der Waals surface area contributed by atoms with Crippen LogP contribution < -0.4 is 5.32 Å². The van der Waals surface area contributed by atoms with Crippen molar-refractivity contribution in [2.24, 2.45) is 0 Å². The fourth-order valence-electron chi connectivity index (χ4n) is 2.05. The second kappa shape index (κ2) is 8.02. The molecule has 1 aromatic rings. The molecule has 0 radical (unpaired) electrons. The van der Waals surface area contributed by atoms with E-state index in [4.69, 9.17) is 9.47 Å². The molecular formula is C15H27N3O3. The van der Waals surface area contributed by atoms with Crippen LogP contribution in [0.3, 0.4) is 0 Å². The smallest absolute Gasteiger partial charge is 0.407 e. The summed E-state index contributed by atoms with van der Waals surface area (Å²) in [6.07, 6.45) is 4.93. The van der Waals surface area contributed by atoms with Crippen LogP contribution in [0.15, 0.2) is 12.5 Å². The summed E-state index contributed by atoms with van der Waals surface area (Å²) in [7, 11) is 1.70. The molecule has 1 N–H and O–H groups in total. The van der Waals surface area contributed by atoms with E-state index in [1.165, 1.54) is 0 Å². The molecule has 0 saturated heterocycles. The van der Waals surface area contributed by atoms with Gasteiger partial charge < -0.3 is 19.4 Å². The van der Waals surface area contributed by atoms with Crippen molar-refractivity contribution in [1.29, 1.82) is 0 Å². The van der Waals surface area contributed by atoms with Crippen molar-refractivity contribution in [1.82, 2.24) is 14.9 Å². The summed E-state index contributed by atoms with van der Waals surface area (Å²) in [6, 6.07) is 0.272. The van der Waals surface area contributed by atoms with E-state index in [0.717, 1.165) is 12.1 Å². The molecule has 6 nitrogen and oxygen atoms in total. The van der Waals surface area contributed by atoms with Gasteiger partial charge in [-0.15, -0.1) is 0 Å². The average molecular weight is 297 g/mol. The van der Waals surface area contributed by atoms with E-state index in [1.54, 1.807) is 7.11 Å². The van der Waals surface area contributed by atoms with E-state index in [-0.39, 0.29) is 6.04 Å². The van der Waals surface area contributed by atoms with Crippen LogP contribution in [0.4, 0.5) is 4.79 Å². The Labute approximate surface area is 126 Å². The molecule has 0 spiro atoms. The first-order chi connectivity index (χ1) is 9.87. The van der Waals surface area contributed by atoms with Crippen molar-refractivity contribution < 1.29 is 14.3 Å². The van der Waals surface area contributed by atoms with E-state index < -0.39 is 11.7 Å². The van der Waals surface area contributed by atoms with Crippen LogP contribution >= 0.6 is 0 Å². The molecule has 120 valence electrons. The predicted octanol–water partition coefficient (Wildman–Crippen LogP) is 2.55. The van der Waals surface area contributed by atoms with Crippen LogP contribution in [0.25, 0.3) is 0 Å². The highest BCUT2D eigenvalue weighted by molar-refractivity contribution is 5.67. The van der Waals surface area contributed by atoms with Crippen molar-refractivity contribution in [3.63, 3.8) is 0 Å². The molecule has 0 bridgehead atoms. The maximum Gasteiger partial charge on any atom is 0.407 e. The molecule has 6 heteroatoms. The van der Waals surface area contributed by atoms with E-state index in [1.807, 2.05) is 33.3 Å². The number of carbonyl (C=O) groups is 1. The lowest BCUT2D eigenvalue weighted by Crippen LogP contribution is -2.33. The minimum Gasteiger partial charge on any atom is -0.444 e. The number of alkyl carbamates (subject to hydrolysis) is 1. The molecule has 1 heterocycles. The maximum atomic E-state index is 11.6. The first-order valence-corrected chi connectivity index (χ1v) is 7.34. The molecule has 0 fully saturated rings. The highest BCUT2D eigenvalue weighted by atomic mass is 16.6. The summed E-state index contributed by atoms with van der Waals surface area (Å²) in [5.41, 5.74) is 0.604. The summed E-state index contributed by atoms with van der Waals surface area (Å²) in [5.74, 6) is 0. The SMILES string of the molecule is CCC(COC)n1cncc1CCNC(=O)OC(C)(C)C. The normalized spacial score (nSPS) is 13.0. The minimum absolute atomic E-state index is 0.272. The Kier molecular flexibility index (Phi) is 6.68. The first kappa shape index (κ1) is 17.5. The summed E-state index contributed by atoms with van der Waals surface area (Å²) < 4.78 is 12.5. The standard InChI is InChI=1S/C15H27N3O3/c1-6-12(10-20-5)18-11-16-9-13(18)7-8-17-14(19)21-15(2,3)4/h9,11-12H,6-8,10H2,1-5H3,(H,17,19). The number of carbonyl (C=O) groups excluding carboxylic acids is 1. The fourth-order valence-corrected chi connectivity index (χ4v) is 2.05. The number of ether oxygens (including phenoxy) is 2. The monoisotopic (exact) mass is 297 g/mol. The highest BCUT2D eigenvalue weighted by Crippen LogP contribution is 2.15. The second-order valence-corrected chi connectivity index (χ2v) is 5.99. The number of hydrogen-bond acceptors (Lipinski definition) is 4. The highest BCUT2D eigenvalue weighted by Gasteiger charge is 2.16. The van der Waals surface area contributed by atoms with Gasteiger partial charge in [0, 0.05) is 32.0 Å². The minimum atomic E-state index is -0.475. The lowest BCUT2D eigenvalue weighted by atomic mass is 10.2. The van der Waals surface area contributed by atoms with Gasteiger partial charge in [-0.1, -0.05) is 6.92 Å². The Hall–Kier alpha value is -1.56. The first-order valence-electron chi connectivity index (χ1n) is 7.34. The Morgan fingerprint density at radius 2 is 2.19 bits per heavy atom. The van der Waals surface area contributed by atoms with Gasteiger partial charge in [0.2, 0.25) is 0 Å². The summed E-state index contributed by atoms with van der Waals surface area (Å²) in [4.78, 5) is 15.8. The number of methoxy groups -OCH3 is 1. The molecule has 1 amide bonds. The van der Waals surface area contributed by atoms with Gasteiger partial charge in [-0.05, 0) is 27.2 Å². The molecule has 0 aliphatic carbocycles. The lowest BCUT2D eigenvalue weighted by Gasteiger charge is -2.20. The zero-order valence-corrected chi connectivity index (χ0v) is 13.7. The number of nitrogens with zero attached hydrogens (tertiary/aromatic N) is 2. The topological polar surface area (TPSA) is 65.4 Å². The molecule has 0 aliphatic rings. The maximum absolute atomic E-state index is 11.6. The van der Waals surface area contributed by atoms with Crippen LogP contribution in [0.1, 0.15) is 45.9 Å². The Bertz CT molecular complexity index is 438. The van der Waals surface area contributed by atoms with E-state index >= 15 is 0 Å². The molecule has 1 atom stereocenters. The fraction of sp³-hybridized carbons (Fsp3) is 0.733. The predicted molar refractivity (Wildman–Crippen MR) is 81.4 cm³/mol. The zero-order chi connectivity index (χ0) is 15.9. The quantitative estimate of drug-likeness (QED) is 0.840. The number of nitrogens with one attached hydrogen (secondary N) is 1. The third-order valence-corrected chi connectivity index (χ3v) is 3.02. The van der Waals surface area contributed by atoms with Crippen LogP contribution in [0.5, 0.6) is 0 Å². The molecule has 1 unspecified atom stereocenters. The molecule has 0 aliphatic heterocycles. The number of imidazole rings is 1. The van der Waals surface area contributed by atoms with Gasteiger partial charge in [-0.2, -0.15) is 0 Å². The van der Waals surface area contributed by atoms with Gasteiger partial charge in [0.05, 0.1) is 19.0 Å². The van der Waals surface area contributed by atoms with Crippen LogP contribution in [-0.4, -0.2) is 41.5 Å². The molecular weight excluding hydrogens is 270 g/mol. The number of rotatable bonds is 7. The van der Waals surface area contributed by atoms with E-state index in [9.17, 15) is 4.79 Å². The average Bonchev–Trinajstić information content (AvgIpc) is 2.82. The van der Waals surface area contributed by atoms with E-state index in [2.05, 4.69) is 21.8 Å². The molecule has 0 aromatic carbocycles. The zero-order valence-electron chi connectivity index (χ0n) is 13.7. The van der Waals surface area contributed by atoms with Crippen molar-refractivity contribution in [2.75, 3.05) is 20.3 Å². The third-order valence-electron chi connectivity index (χ3n) is 3.02. The van der Waals surface area contributed by atoms with Crippen LogP contribution in [-0.2, 0) is 15.9 Å². The van der Waals surface area contributed by atoms with Gasteiger partial charge >= 0.3 is 6.09 Å². The largest absolute Gasteiger partial charge is 0.444 e. The Morgan fingerprint density at radius 3 is 2.76 bits per heavy atom. The molecule has 1 rings (SSSR count). The molecule has 21 heavy (non-hydrogen) atoms. The van der Waals surface area contributed by atoms with Crippen molar-refractivity contribution in [2.45, 2.75) is 52.2 Å². The summed E-state index contributed by atoms with van der Waals surface area (Å²) >= 11 is 0. The summed E-state index contributed by atoms with van der Waals surface area (Å²) in [5, 5.41) is 2.76. The van der Waals surface area contributed by atoms with E-state index in [0.29, 0.717) is 19.6 Å². The third kappa shape index (κ3) is 6.16. The van der Waals surface area contributed by atoms with Crippen molar-refractivity contribution in [3.05, 3.63) is 18.2 Å². The number of aromatic nitrogens is 2. The van der Waals surface area contributed by atoms with Crippen molar-refractivity contribution >= 4 is 6.09 Å². The summed E-state index contributed by atoms with van der Waals surface area (Å²) in [6.45, 7) is 8.82. The number of amides is 1.